The maximum absolute atomic E-state index is 7.04. The highest BCUT2D eigenvalue weighted by Gasteiger charge is 2.78. The Morgan fingerprint density at radius 3 is 2.62 bits per heavy atom. The van der Waals surface area contributed by atoms with E-state index in [4.69, 9.17) is 9.16 Å². The van der Waals surface area contributed by atoms with E-state index in [2.05, 4.69) is 78.1 Å². The number of rotatable bonds is 2. The van der Waals surface area contributed by atoms with Crippen molar-refractivity contribution in [1.29, 1.82) is 0 Å². The molecule has 1 heterocycles. The van der Waals surface area contributed by atoms with Gasteiger partial charge in [0.25, 0.3) is 0 Å². The van der Waals surface area contributed by atoms with Crippen molar-refractivity contribution >= 4 is 14.4 Å². The second kappa shape index (κ2) is 5.86. The van der Waals surface area contributed by atoms with Gasteiger partial charge in [0.15, 0.2) is 8.32 Å². The van der Waals surface area contributed by atoms with Gasteiger partial charge in [-0.05, 0) is 73.4 Å². The summed E-state index contributed by atoms with van der Waals surface area (Å²) >= 11 is 0. The molecule has 0 bridgehead atoms. The third-order valence-electron chi connectivity index (χ3n) is 9.40. The van der Waals surface area contributed by atoms with Crippen LogP contribution < -0.4 is 0 Å². The zero-order valence-corrected chi connectivity index (χ0v) is 20.4. The molecule has 0 unspecified atom stereocenters. The van der Waals surface area contributed by atoms with Crippen molar-refractivity contribution in [2.24, 2.45) is 11.3 Å². The Bertz CT molecular complexity index is 881. The SMILES string of the molecule is Cc1ccc2c(c1)C[C@@]13CC[C@]4(C)[C@@H](O[Si](C)(C)C(C)(C)C)CC[C@H]4[C@]1(C=C2)O3. The molecular formula is C26H38O2Si. The van der Waals surface area contributed by atoms with Crippen LogP contribution in [0.15, 0.2) is 24.3 Å². The zero-order valence-electron chi connectivity index (χ0n) is 19.4. The molecule has 0 aromatic heterocycles. The second-order valence-electron chi connectivity index (χ2n) is 12.1. The van der Waals surface area contributed by atoms with Crippen LogP contribution in [0.25, 0.3) is 6.08 Å². The van der Waals surface area contributed by atoms with Gasteiger partial charge >= 0.3 is 0 Å². The lowest BCUT2D eigenvalue weighted by atomic mass is 9.59. The van der Waals surface area contributed by atoms with Gasteiger partial charge in [-0.1, -0.05) is 57.5 Å². The van der Waals surface area contributed by atoms with Crippen molar-refractivity contribution in [2.75, 3.05) is 0 Å². The molecule has 29 heavy (non-hydrogen) atoms. The van der Waals surface area contributed by atoms with Crippen LogP contribution >= 0.6 is 0 Å². The summed E-state index contributed by atoms with van der Waals surface area (Å²) in [6.45, 7) is 16.6. The van der Waals surface area contributed by atoms with E-state index in [1.165, 1.54) is 36.0 Å². The van der Waals surface area contributed by atoms with Gasteiger partial charge in [-0.2, -0.15) is 0 Å². The molecule has 3 fully saturated rings. The molecule has 2 nitrogen and oxygen atoms in total. The Labute approximate surface area is 178 Å². The van der Waals surface area contributed by atoms with Gasteiger partial charge in [-0.3, -0.25) is 0 Å². The Balaban J connectivity index is 1.46. The highest BCUT2D eigenvalue weighted by molar-refractivity contribution is 6.74. The highest BCUT2D eigenvalue weighted by Crippen LogP contribution is 2.72. The molecule has 3 heteroatoms. The van der Waals surface area contributed by atoms with Crippen LogP contribution in [0.2, 0.25) is 18.1 Å². The smallest absolute Gasteiger partial charge is 0.192 e. The number of aryl methyl sites for hydroxylation is 1. The topological polar surface area (TPSA) is 21.8 Å². The minimum Gasteiger partial charge on any atom is -0.413 e. The molecule has 3 aliphatic carbocycles. The molecule has 158 valence electrons. The molecule has 2 saturated carbocycles. The van der Waals surface area contributed by atoms with E-state index < -0.39 is 8.32 Å². The average molecular weight is 411 g/mol. The van der Waals surface area contributed by atoms with Crippen LogP contribution in [0.5, 0.6) is 0 Å². The van der Waals surface area contributed by atoms with E-state index in [0.29, 0.717) is 12.0 Å². The van der Waals surface area contributed by atoms with Crippen molar-refractivity contribution in [1.82, 2.24) is 0 Å². The van der Waals surface area contributed by atoms with Crippen molar-refractivity contribution in [3.63, 3.8) is 0 Å². The lowest BCUT2D eigenvalue weighted by Gasteiger charge is -2.47. The summed E-state index contributed by atoms with van der Waals surface area (Å²) in [5, 5.41) is 0.260. The number of epoxide rings is 1. The monoisotopic (exact) mass is 410 g/mol. The third-order valence-corrected chi connectivity index (χ3v) is 13.9. The van der Waals surface area contributed by atoms with Crippen LogP contribution in [0, 0.1) is 18.3 Å². The van der Waals surface area contributed by atoms with Gasteiger partial charge in [0, 0.05) is 12.3 Å². The molecule has 0 radical (unpaired) electrons. The lowest BCUT2D eigenvalue weighted by molar-refractivity contribution is 0.0112. The minimum atomic E-state index is -1.78. The van der Waals surface area contributed by atoms with E-state index in [9.17, 15) is 0 Å². The van der Waals surface area contributed by atoms with Gasteiger partial charge in [0.1, 0.15) is 11.2 Å². The Kier molecular flexibility index (Phi) is 4.05. The van der Waals surface area contributed by atoms with Crippen LogP contribution in [-0.4, -0.2) is 25.6 Å². The van der Waals surface area contributed by atoms with Gasteiger partial charge in [-0.25, -0.2) is 0 Å². The fourth-order valence-electron chi connectivity index (χ4n) is 6.51. The molecule has 4 aliphatic rings. The molecule has 0 amide bonds. The van der Waals surface area contributed by atoms with Crippen molar-refractivity contribution in [3.8, 4) is 0 Å². The summed E-state index contributed by atoms with van der Waals surface area (Å²) < 4.78 is 13.8. The molecule has 1 aromatic rings. The molecule has 0 spiro atoms. The second-order valence-corrected chi connectivity index (χ2v) is 16.9. The maximum Gasteiger partial charge on any atom is 0.192 e. The van der Waals surface area contributed by atoms with Gasteiger partial charge in [-0.15, -0.1) is 0 Å². The summed E-state index contributed by atoms with van der Waals surface area (Å²) in [4.78, 5) is 0. The van der Waals surface area contributed by atoms with Gasteiger partial charge in [0.05, 0.1) is 6.10 Å². The third kappa shape index (κ3) is 2.66. The summed E-state index contributed by atoms with van der Waals surface area (Å²) in [6, 6.07) is 6.91. The molecule has 5 rings (SSSR count). The largest absolute Gasteiger partial charge is 0.413 e. The lowest BCUT2D eigenvalue weighted by Crippen LogP contribution is -2.52. The van der Waals surface area contributed by atoms with Crippen LogP contribution in [0.1, 0.15) is 70.1 Å². The first kappa shape index (κ1) is 20.0. The molecule has 1 saturated heterocycles. The van der Waals surface area contributed by atoms with Crippen LogP contribution in [0.4, 0.5) is 0 Å². The number of fused-ring (bicyclic) bond motifs is 2. The highest BCUT2D eigenvalue weighted by atomic mass is 28.4. The first-order valence-corrected chi connectivity index (χ1v) is 14.5. The fourth-order valence-corrected chi connectivity index (χ4v) is 7.96. The standard InChI is InChI=1S/C26H38O2Si/c1-18-8-9-19-12-13-26-21-10-11-22(27-29(6,7)23(2,3)4)24(21,5)14-15-25(26,28-26)17-20(19)16-18/h8-9,12-13,16,21-22H,10-11,14-15,17H2,1-7H3/t21-,22+,24+,25+,26+/m1/s1. The molecule has 1 aromatic carbocycles. The van der Waals surface area contributed by atoms with Gasteiger partial charge in [0.2, 0.25) is 0 Å². The predicted molar refractivity (Wildman–Crippen MR) is 123 cm³/mol. The van der Waals surface area contributed by atoms with E-state index >= 15 is 0 Å². The minimum absolute atomic E-state index is 0.0264. The van der Waals surface area contributed by atoms with Crippen molar-refractivity contribution in [3.05, 3.63) is 41.0 Å². The number of hydrogen-bond acceptors (Lipinski definition) is 2. The van der Waals surface area contributed by atoms with E-state index in [1.54, 1.807) is 0 Å². The van der Waals surface area contributed by atoms with Gasteiger partial charge < -0.3 is 9.16 Å². The number of ether oxygens (including phenoxy) is 1. The van der Waals surface area contributed by atoms with Crippen LogP contribution in [-0.2, 0) is 15.6 Å². The quantitative estimate of drug-likeness (QED) is 0.401. The molecule has 0 N–H and O–H groups in total. The number of hydrogen-bond donors (Lipinski definition) is 0. The Hall–Kier alpha value is -0.903. The summed E-state index contributed by atoms with van der Waals surface area (Å²) in [5.41, 5.74) is 4.40. The van der Waals surface area contributed by atoms with E-state index in [0.717, 1.165) is 12.8 Å². The summed E-state index contributed by atoms with van der Waals surface area (Å²) in [5.74, 6) is 0.574. The normalized spacial score (nSPS) is 40.5. The summed E-state index contributed by atoms with van der Waals surface area (Å²) in [7, 11) is -1.78. The Morgan fingerprint density at radius 2 is 1.90 bits per heavy atom. The molecule has 1 aliphatic heterocycles. The average Bonchev–Trinajstić information content (AvgIpc) is 3.17. The fraction of sp³-hybridized carbons (Fsp3) is 0.692. The number of benzene rings is 1. The van der Waals surface area contributed by atoms with Crippen LogP contribution in [0.3, 0.4) is 0 Å². The maximum atomic E-state index is 7.04. The van der Waals surface area contributed by atoms with E-state index in [1.807, 2.05) is 0 Å². The zero-order chi connectivity index (χ0) is 20.9. The predicted octanol–water partition coefficient (Wildman–Crippen LogP) is 6.67. The van der Waals surface area contributed by atoms with Crippen molar-refractivity contribution < 1.29 is 9.16 Å². The molecular weight excluding hydrogens is 372 g/mol. The summed E-state index contributed by atoms with van der Waals surface area (Å²) in [6.07, 6.45) is 11.1. The van der Waals surface area contributed by atoms with E-state index in [-0.39, 0.29) is 21.7 Å². The first-order chi connectivity index (χ1) is 13.4. The molecule has 5 atom stereocenters. The Morgan fingerprint density at radius 1 is 1.14 bits per heavy atom. The van der Waals surface area contributed by atoms with Crippen molar-refractivity contribution in [2.45, 2.75) is 102 Å². The first-order valence-electron chi connectivity index (χ1n) is 11.6.